The standard InChI is InChI=1S/C16H16N2OS/c1-12-7-9-13(10-8-12)15(19)11-17-16(20)18-14-5-3-2-4-6-14/h2-10H,11H2,1H3,(H2,17,18,20). The van der Waals surface area contributed by atoms with Gasteiger partial charge in [0.25, 0.3) is 0 Å². The van der Waals surface area contributed by atoms with Crippen LogP contribution in [0.25, 0.3) is 0 Å². The largest absolute Gasteiger partial charge is 0.355 e. The number of para-hydroxylation sites is 1. The van der Waals surface area contributed by atoms with Crippen LogP contribution in [0.15, 0.2) is 54.6 Å². The molecule has 20 heavy (non-hydrogen) atoms. The second kappa shape index (κ2) is 6.82. The Morgan fingerprint density at radius 3 is 2.35 bits per heavy atom. The van der Waals surface area contributed by atoms with Gasteiger partial charge >= 0.3 is 0 Å². The van der Waals surface area contributed by atoms with E-state index < -0.39 is 0 Å². The van der Waals surface area contributed by atoms with Gasteiger partial charge in [-0.15, -0.1) is 0 Å². The molecule has 0 aliphatic rings. The van der Waals surface area contributed by atoms with Crippen molar-refractivity contribution in [3.05, 3.63) is 65.7 Å². The minimum absolute atomic E-state index is 0.0159. The molecule has 102 valence electrons. The quantitative estimate of drug-likeness (QED) is 0.668. The molecule has 0 radical (unpaired) electrons. The summed E-state index contributed by atoms with van der Waals surface area (Å²) in [6.45, 7) is 2.17. The molecule has 0 spiro atoms. The lowest BCUT2D eigenvalue weighted by molar-refractivity contribution is 0.0996. The number of rotatable bonds is 4. The predicted octanol–water partition coefficient (Wildman–Crippen LogP) is 3.16. The van der Waals surface area contributed by atoms with Crippen molar-refractivity contribution in [1.82, 2.24) is 5.32 Å². The molecule has 0 aliphatic carbocycles. The average Bonchev–Trinajstić information content (AvgIpc) is 2.46. The maximum absolute atomic E-state index is 12.0. The van der Waals surface area contributed by atoms with Crippen molar-refractivity contribution in [3.63, 3.8) is 0 Å². The van der Waals surface area contributed by atoms with E-state index in [1.54, 1.807) is 0 Å². The molecule has 0 saturated heterocycles. The summed E-state index contributed by atoms with van der Waals surface area (Å²) in [5.74, 6) is 0.0159. The fourth-order valence-electron chi connectivity index (χ4n) is 1.70. The molecule has 0 amide bonds. The maximum Gasteiger partial charge on any atom is 0.181 e. The Morgan fingerprint density at radius 2 is 1.70 bits per heavy atom. The van der Waals surface area contributed by atoms with E-state index in [0.29, 0.717) is 10.7 Å². The van der Waals surface area contributed by atoms with Gasteiger partial charge < -0.3 is 10.6 Å². The SMILES string of the molecule is Cc1ccc(C(=O)CNC(=S)Nc2ccccc2)cc1. The van der Waals surface area contributed by atoms with E-state index in [9.17, 15) is 4.79 Å². The molecule has 0 atom stereocenters. The van der Waals surface area contributed by atoms with Gasteiger partial charge in [0.2, 0.25) is 0 Å². The molecule has 0 aliphatic heterocycles. The highest BCUT2D eigenvalue weighted by Crippen LogP contribution is 2.05. The number of anilines is 1. The Balaban J connectivity index is 1.84. The number of hydrogen-bond donors (Lipinski definition) is 2. The van der Waals surface area contributed by atoms with Gasteiger partial charge in [0.15, 0.2) is 10.9 Å². The lowest BCUT2D eigenvalue weighted by atomic mass is 10.1. The zero-order valence-electron chi connectivity index (χ0n) is 11.2. The predicted molar refractivity (Wildman–Crippen MR) is 86.2 cm³/mol. The summed E-state index contributed by atoms with van der Waals surface area (Å²) in [5, 5.41) is 6.38. The van der Waals surface area contributed by atoms with Gasteiger partial charge in [-0.1, -0.05) is 48.0 Å². The van der Waals surface area contributed by atoms with Crippen molar-refractivity contribution in [2.75, 3.05) is 11.9 Å². The van der Waals surface area contributed by atoms with Crippen LogP contribution in [-0.4, -0.2) is 17.4 Å². The van der Waals surface area contributed by atoms with Crippen molar-refractivity contribution >= 4 is 28.8 Å². The number of ketones is 1. The third kappa shape index (κ3) is 4.17. The van der Waals surface area contributed by atoms with E-state index in [1.807, 2.05) is 61.5 Å². The summed E-state index contributed by atoms with van der Waals surface area (Å²) >= 11 is 5.15. The first-order valence-electron chi connectivity index (χ1n) is 6.35. The molecule has 0 saturated carbocycles. The third-order valence-electron chi connectivity index (χ3n) is 2.81. The average molecular weight is 284 g/mol. The Morgan fingerprint density at radius 1 is 1.05 bits per heavy atom. The van der Waals surface area contributed by atoms with Gasteiger partial charge in [0, 0.05) is 11.3 Å². The lowest BCUT2D eigenvalue weighted by Gasteiger charge is -2.10. The van der Waals surface area contributed by atoms with E-state index >= 15 is 0 Å². The first-order valence-corrected chi connectivity index (χ1v) is 6.76. The first-order chi connectivity index (χ1) is 9.65. The van der Waals surface area contributed by atoms with Gasteiger partial charge in [0.05, 0.1) is 6.54 Å². The Bertz CT molecular complexity index is 594. The molecular formula is C16H16N2OS. The molecule has 4 heteroatoms. The van der Waals surface area contributed by atoms with Gasteiger partial charge in [-0.2, -0.15) is 0 Å². The van der Waals surface area contributed by atoms with Crippen LogP contribution >= 0.6 is 12.2 Å². The monoisotopic (exact) mass is 284 g/mol. The zero-order valence-corrected chi connectivity index (χ0v) is 12.0. The molecular weight excluding hydrogens is 268 g/mol. The van der Waals surface area contributed by atoms with Gasteiger partial charge in [0.1, 0.15) is 0 Å². The highest BCUT2D eigenvalue weighted by atomic mass is 32.1. The minimum Gasteiger partial charge on any atom is -0.355 e. The van der Waals surface area contributed by atoms with Crippen molar-refractivity contribution < 1.29 is 4.79 Å². The maximum atomic E-state index is 12.0. The summed E-state index contributed by atoms with van der Waals surface area (Å²) in [5.41, 5.74) is 2.72. The molecule has 0 unspecified atom stereocenters. The molecule has 0 fully saturated rings. The zero-order chi connectivity index (χ0) is 14.4. The number of nitrogens with one attached hydrogen (secondary N) is 2. The normalized spacial score (nSPS) is 9.85. The smallest absolute Gasteiger partial charge is 0.181 e. The van der Waals surface area contributed by atoms with Gasteiger partial charge in [-0.3, -0.25) is 4.79 Å². The molecule has 2 aromatic rings. The van der Waals surface area contributed by atoms with E-state index in [0.717, 1.165) is 11.3 Å². The molecule has 0 aromatic heterocycles. The highest BCUT2D eigenvalue weighted by Gasteiger charge is 2.06. The van der Waals surface area contributed by atoms with Gasteiger partial charge in [-0.05, 0) is 31.3 Å². The van der Waals surface area contributed by atoms with Crippen LogP contribution in [0.2, 0.25) is 0 Å². The second-order valence-electron chi connectivity index (χ2n) is 4.46. The van der Waals surface area contributed by atoms with Crippen LogP contribution in [0.3, 0.4) is 0 Å². The number of thiocarbonyl (C=S) groups is 1. The fourth-order valence-corrected chi connectivity index (χ4v) is 1.89. The van der Waals surface area contributed by atoms with Crippen molar-refractivity contribution in [2.45, 2.75) is 6.92 Å². The lowest BCUT2D eigenvalue weighted by Crippen LogP contribution is -2.33. The number of carbonyl (C=O) groups excluding carboxylic acids is 1. The number of Topliss-reactive ketones (excluding diaryl/α,β-unsaturated/α-hetero) is 1. The van der Waals surface area contributed by atoms with E-state index in [4.69, 9.17) is 12.2 Å². The van der Waals surface area contributed by atoms with E-state index in [2.05, 4.69) is 10.6 Å². The summed E-state index contributed by atoms with van der Waals surface area (Å²) in [7, 11) is 0. The summed E-state index contributed by atoms with van der Waals surface area (Å²) in [4.78, 5) is 12.0. The Hall–Kier alpha value is -2.20. The molecule has 0 bridgehead atoms. The minimum atomic E-state index is 0.0159. The van der Waals surface area contributed by atoms with E-state index in [1.165, 1.54) is 0 Å². The van der Waals surface area contributed by atoms with Crippen LogP contribution in [-0.2, 0) is 0 Å². The van der Waals surface area contributed by atoms with Crippen LogP contribution < -0.4 is 10.6 Å². The highest BCUT2D eigenvalue weighted by molar-refractivity contribution is 7.80. The van der Waals surface area contributed by atoms with Crippen molar-refractivity contribution in [2.24, 2.45) is 0 Å². The van der Waals surface area contributed by atoms with Gasteiger partial charge in [-0.25, -0.2) is 0 Å². The summed E-state index contributed by atoms with van der Waals surface area (Å²) < 4.78 is 0. The Kier molecular flexibility index (Phi) is 4.85. The second-order valence-corrected chi connectivity index (χ2v) is 4.87. The first kappa shape index (κ1) is 14.2. The molecule has 3 nitrogen and oxygen atoms in total. The third-order valence-corrected chi connectivity index (χ3v) is 3.06. The van der Waals surface area contributed by atoms with Crippen LogP contribution in [0.5, 0.6) is 0 Å². The van der Waals surface area contributed by atoms with E-state index in [-0.39, 0.29) is 12.3 Å². The van der Waals surface area contributed by atoms with Crippen LogP contribution in [0, 0.1) is 6.92 Å². The Labute approximate surface area is 124 Å². The van der Waals surface area contributed by atoms with Crippen LogP contribution in [0.4, 0.5) is 5.69 Å². The van der Waals surface area contributed by atoms with Crippen molar-refractivity contribution in [1.29, 1.82) is 0 Å². The molecule has 2 N–H and O–H groups in total. The molecule has 2 aromatic carbocycles. The summed E-state index contributed by atoms with van der Waals surface area (Å²) in [6.07, 6.45) is 0. The van der Waals surface area contributed by atoms with Crippen molar-refractivity contribution in [3.8, 4) is 0 Å². The fraction of sp³-hybridized carbons (Fsp3) is 0.125. The summed E-state index contributed by atoms with van der Waals surface area (Å²) in [6, 6.07) is 17.1. The number of aryl methyl sites for hydroxylation is 1. The number of carbonyl (C=O) groups is 1. The molecule has 0 heterocycles. The topological polar surface area (TPSA) is 41.1 Å². The van der Waals surface area contributed by atoms with Crippen LogP contribution in [0.1, 0.15) is 15.9 Å². The molecule has 2 rings (SSSR count). The number of benzene rings is 2. The number of hydrogen-bond acceptors (Lipinski definition) is 2.